The highest BCUT2D eigenvalue weighted by Gasteiger charge is 1.97. The van der Waals surface area contributed by atoms with Crippen LogP contribution >= 0.6 is 0 Å². The Bertz CT molecular complexity index is 492. The van der Waals surface area contributed by atoms with E-state index >= 15 is 0 Å². The van der Waals surface area contributed by atoms with Gasteiger partial charge in [-0.2, -0.15) is 0 Å². The van der Waals surface area contributed by atoms with Crippen molar-refractivity contribution in [3.8, 4) is 0 Å². The van der Waals surface area contributed by atoms with Crippen LogP contribution in [0.15, 0.2) is 48.8 Å². The molecule has 2 aromatic rings. The summed E-state index contributed by atoms with van der Waals surface area (Å²) < 4.78 is 1.97. The minimum atomic E-state index is 0.673. The molecule has 0 unspecified atom stereocenters. The molecule has 1 N–H and O–H groups in total. The summed E-state index contributed by atoms with van der Waals surface area (Å²) in [6, 6.07) is 11.3. The number of carbonyl (C=O) groups excluding carboxylic acids is 1. The number of aromatic nitrogens is 1. The fourth-order valence-electron chi connectivity index (χ4n) is 1.44. The molecular weight excluding hydrogens is 200 g/mol. The standard InChI is InChI=1S/C13H12N2O/c1-15-7-5-12(6-8-15)14-13-4-2-3-11(9-13)10-16/h2-10H,1H3/p+1. The second kappa shape index (κ2) is 4.57. The van der Waals surface area contributed by atoms with Crippen molar-refractivity contribution in [3.05, 3.63) is 54.4 Å². The molecule has 0 fully saturated rings. The number of nitrogens with one attached hydrogen (secondary N) is 1. The van der Waals surface area contributed by atoms with Gasteiger partial charge in [-0.3, -0.25) is 4.79 Å². The molecule has 80 valence electrons. The van der Waals surface area contributed by atoms with E-state index in [-0.39, 0.29) is 0 Å². The van der Waals surface area contributed by atoms with E-state index < -0.39 is 0 Å². The number of anilines is 2. The van der Waals surface area contributed by atoms with Crippen LogP contribution < -0.4 is 9.88 Å². The van der Waals surface area contributed by atoms with Crippen LogP contribution in [-0.4, -0.2) is 6.29 Å². The summed E-state index contributed by atoms with van der Waals surface area (Å²) in [5.41, 5.74) is 2.59. The molecule has 0 saturated carbocycles. The van der Waals surface area contributed by atoms with Crippen LogP contribution in [0, 0.1) is 0 Å². The maximum absolute atomic E-state index is 10.6. The van der Waals surface area contributed by atoms with Crippen LogP contribution in [0.3, 0.4) is 0 Å². The molecule has 0 radical (unpaired) electrons. The van der Waals surface area contributed by atoms with E-state index in [0.717, 1.165) is 17.7 Å². The topological polar surface area (TPSA) is 33.0 Å². The van der Waals surface area contributed by atoms with Crippen LogP contribution in [0.5, 0.6) is 0 Å². The Morgan fingerprint density at radius 1 is 1.12 bits per heavy atom. The summed E-state index contributed by atoms with van der Waals surface area (Å²) >= 11 is 0. The molecule has 3 nitrogen and oxygen atoms in total. The first-order chi connectivity index (χ1) is 7.78. The minimum absolute atomic E-state index is 0.673. The molecule has 0 saturated heterocycles. The molecule has 0 amide bonds. The van der Waals surface area contributed by atoms with Crippen molar-refractivity contribution in [2.45, 2.75) is 0 Å². The van der Waals surface area contributed by atoms with E-state index in [1.807, 2.05) is 54.3 Å². The number of carbonyl (C=O) groups is 1. The molecule has 0 atom stereocenters. The zero-order chi connectivity index (χ0) is 11.4. The lowest BCUT2D eigenvalue weighted by atomic mass is 10.2. The van der Waals surface area contributed by atoms with Gasteiger partial charge in [-0.05, 0) is 12.1 Å². The Hall–Kier alpha value is -2.16. The van der Waals surface area contributed by atoms with Crippen LogP contribution in [-0.2, 0) is 7.05 Å². The smallest absolute Gasteiger partial charge is 0.170 e. The number of rotatable bonds is 3. The first-order valence-electron chi connectivity index (χ1n) is 5.05. The van der Waals surface area contributed by atoms with Gasteiger partial charge in [0.2, 0.25) is 0 Å². The molecule has 3 heteroatoms. The van der Waals surface area contributed by atoms with E-state index in [0.29, 0.717) is 5.56 Å². The lowest BCUT2D eigenvalue weighted by Gasteiger charge is -2.05. The first-order valence-corrected chi connectivity index (χ1v) is 5.05. The summed E-state index contributed by atoms with van der Waals surface area (Å²) in [5.74, 6) is 0. The number of pyridine rings is 1. The van der Waals surface area contributed by atoms with Crippen molar-refractivity contribution in [2.75, 3.05) is 5.32 Å². The Morgan fingerprint density at radius 3 is 2.56 bits per heavy atom. The summed E-state index contributed by atoms with van der Waals surface area (Å²) in [5, 5.41) is 3.23. The van der Waals surface area contributed by atoms with Gasteiger partial charge in [0.25, 0.3) is 0 Å². The number of benzene rings is 1. The molecule has 1 aromatic carbocycles. The molecule has 0 aliphatic carbocycles. The van der Waals surface area contributed by atoms with E-state index in [2.05, 4.69) is 5.32 Å². The number of aldehydes is 1. The molecule has 1 heterocycles. The average Bonchev–Trinajstić information content (AvgIpc) is 2.32. The number of aryl methyl sites for hydroxylation is 1. The average molecular weight is 213 g/mol. The number of hydrogen-bond donors (Lipinski definition) is 1. The van der Waals surface area contributed by atoms with Crippen molar-refractivity contribution in [1.82, 2.24) is 0 Å². The fourth-order valence-corrected chi connectivity index (χ4v) is 1.44. The third kappa shape index (κ3) is 2.45. The highest BCUT2D eigenvalue weighted by atomic mass is 16.1. The molecule has 0 spiro atoms. The SMILES string of the molecule is C[n+]1ccc(Nc2cccc(C=O)c2)cc1. The predicted molar refractivity (Wildman–Crippen MR) is 62.7 cm³/mol. The Morgan fingerprint density at radius 2 is 1.88 bits per heavy atom. The predicted octanol–water partition coefficient (Wildman–Crippen LogP) is 2.07. The van der Waals surface area contributed by atoms with Crippen molar-refractivity contribution >= 4 is 17.7 Å². The summed E-state index contributed by atoms with van der Waals surface area (Å²) in [6.07, 6.45) is 4.77. The van der Waals surface area contributed by atoms with Crippen molar-refractivity contribution in [1.29, 1.82) is 0 Å². The molecule has 2 rings (SSSR count). The third-order valence-electron chi connectivity index (χ3n) is 2.29. The fraction of sp³-hybridized carbons (Fsp3) is 0.0769. The zero-order valence-electron chi connectivity index (χ0n) is 9.05. The molecular formula is C13H13N2O+. The normalized spacial score (nSPS) is 9.81. The second-order valence-corrected chi connectivity index (χ2v) is 3.62. The maximum Gasteiger partial charge on any atom is 0.170 e. The van der Waals surface area contributed by atoms with Gasteiger partial charge in [-0.15, -0.1) is 0 Å². The van der Waals surface area contributed by atoms with Gasteiger partial charge in [-0.1, -0.05) is 12.1 Å². The number of hydrogen-bond acceptors (Lipinski definition) is 2. The highest BCUT2D eigenvalue weighted by Crippen LogP contribution is 2.15. The van der Waals surface area contributed by atoms with Crippen molar-refractivity contribution < 1.29 is 9.36 Å². The molecule has 0 aliphatic heterocycles. The van der Waals surface area contributed by atoms with Gasteiger partial charge in [0, 0.05) is 23.4 Å². The Balaban J connectivity index is 2.20. The monoisotopic (exact) mass is 213 g/mol. The Kier molecular flexibility index (Phi) is 2.96. The van der Waals surface area contributed by atoms with Crippen LogP contribution in [0.4, 0.5) is 11.4 Å². The molecule has 0 bridgehead atoms. The zero-order valence-corrected chi connectivity index (χ0v) is 9.05. The molecule has 1 aromatic heterocycles. The minimum Gasteiger partial charge on any atom is -0.355 e. The van der Waals surface area contributed by atoms with Crippen LogP contribution in [0.25, 0.3) is 0 Å². The summed E-state index contributed by atoms with van der Waals surface area (Å²) in [7, 11) is 1.97. The molecule has 16 heavy (non-hydrogen) atoms. The van der Waals surface area contributed by atoms with Gasteiger partial charge in [0.1, 0.15) is 13.3 Å². The number of nitrogens with zero attached hydrogens (tertiary/aromatic N) is 1. The third-order valence-corrected chi connectivity index (χ3v) is 2.29. The summed E-state index contributed by atoms with van der Waals surface area (Å²) in [4.78, 5) is 10.6. The van der Waals surface area contributed by atoms with Gasteiger partial charge < -0.3 is 5.32 Å². The second-order valence-electron chi connectivity index (χ2n) is 3.62. The largest absolute Gasteiger partial charge is 0.355 e. The quantitative estimate of drug-likeness (QED) is 0.625. The highest BCUT2D eigenvalue weighted by molar-refractivity contribution is 5.77. The van der Waals surface area contributed by atoms with E-state index in [1.165, 1.54) is 0 Å². The van der Waals surface area contributed by atoms with Gasteiger partial charge in [0.05, 0.1) is 5.69 Å². The summed E-state index contributed by atoms with van der Waals surface area (Å²) in [6.45, 7) is 0. The maximum atomic E-state index is 10.6. The lowest BCUT2D eigenvalue weighted by Crippen LogP contribution is -2.25. The van der Waals surface area contributed by atoms with Crippen LogP contribution in [0.2, 0.25) is 0 Å². The van der Waals surface area contributed by atoms with Crippen molar-refractivity contribution in [3.63, 3.8) is 0 Å². The van der Waals surface area contributed by atoms with E-state index in [9.17, 15) is 4.79 Å². The molecule has 0 aliphatic rings. The first kappa shape index (κ1) is 10.4. The van der Waals surface area contributed by atoms with Gasteiger partial charge in [-0.25, -0.2) is 4.57 Å². The van der Waals surface area contributed by atoms with Crippen molar-refractivity contribution in [2.24, 2.45) is 7.05 Å². The Labute approximate surface area is 94.4 Å². The lowest BCUT2D eigenvalue weighted by molar-refractivity contribution is -0.671. The van der Waals surface area contributed by atoms with E-state index in [4.69, 9.17) is 0 Å². The van der Waals surface area contributed by atoms with Gasteiger partial charge >= 0.3 is 0 Å². The van der Waals surface area contributed by atoms with E-state index in [1.54, 1.807) is 6.07 Å². The van der Waals surface area contributed by atoms with Gasteiger partial charge in [0.15, 0.2) is 12.4 Å². The van der Waals surface area contributed by atoms with Crippen LogP contribution in [0.1, 0.15) is 10.4 Å².